The summed E-state index contributed by atoms with van der Waals surface area (Å²) in [5.41, 5.74) is 0. The standard InChI is InChI=1S/C13H25NO/c1-10-5-4-6-11(9-10)14-12-7-2-3-8-13(12)15/h10-15H,2-9H2,1H3/t10-,11+,12-,13+/m1/s1. The van der Waals surface area contributed by atoms with Crippen LogP contribution in [0.5, 0.6) is 0 Å². The molecule has 2 saturated carbocycles. The fourth-order valence-corrected chi connectivity index (χ4v) is 3.19. The van der Waals surface area contributed by atoms with Crippen molar-refractivity contribution < 1.29 is 5.11 Å². The van der Waals surface area contributed by atoms with E-state index in [1.54, 1.807) is 0 Å². The van der Waals surface area contributed by atoms with Gasteiger partial charge < -0.3 is 10.4 Å². The Kier molecular flexibility index (Phi) is 4.04. The van der Waals surface area contributed by atoms with E-state index >= 15 is 0 Å². The van der Waals surface area contributed by atoms with Crippen LogP contribution >= 0.6 is 0 Å². The van der Waals surface area contributed by atoms with Gasteiger partial charge in [-0.05, 0) is 31.6 Å². The van der Waals surface area contributed by atoms with Gasteiger partial charge in [0.15, 0.2) is 0 Å². The summed E-state index contributed by atoms with van der Waals surface area (Å²) in [5.74, 6) is 0.872. The lowest BCUT2D eigenvalue weighted by Crippen LogP contribution is -2.48. The molecular weight excluding hydrogens is 186 g/mol. The second-order valence-electron chi connectivity index (χ2n) is 5.59. The highest BCUT2D eigenvalue weighted by molar-refractivity contribution is 4.85. The summed E-state index contributed by atoms with van der Waals surface area (Å²) < 4.78 is 0. The van der Waals surface area contributed by atoms with E-state index in [-0.39, 0.29) is 6.10 Å². The lowest BCUT2D eigenvalue weighted by molar-refractivity contribution is 0.0793. The molecule has 2 N–H and O–H groups in total. The van der Waals surface area contributed by atoms with Gasteiger partial charge in [0, 0.05) is 12.1 Å². The monoisotopic (exact) mass is 211 g/mol. The molecule has 0 amide bonds. The Morgan fingerprint density at radius 1 is 1.00 bits per heavy atom. The van der Waals surface area contributed by atoms with Gasteiger partial charge in [0.05, 0.1) is 6.10 Å². The predicted molar refractivity (Wildman–Crippen MR) is 62.8 cm³/mol. The average Bonchev–Trinajstić information content (AvgIpc) is 2.22. The summed E-state index contributed by atoms with van der Waals surface area (Å²) in [4.78, 5) is 0. The van der Waals surface area contributed by atoms with E-state index in [0.717, 1.165) is 12.3 Å². The van der Waals surface area contributed by atoms with Gasteiger partial charge in [-0.25, -0.2) is 0 Å². The maximum absolute atomic E-state index is 9.90. The van der Waals surface area contributed by atoms with E-state index in [4.69, 9.17) is 0 Å². The minimum atomic E-state index is -0.0871. The zero-order chi connectivity index (χ0) is 10.7. The van der Waals surface area contributed by atoms with Crippen LogP contribution in [0.3, 0.4) is 0 Å². The van der Waals surface area contributed by atoms with Crippen LogP contribution in [-0.2, 0) is 0 Å². The topological polar surface area (TPSA) is 32.3 Å². The molecule has 2 nitrogen and oxygen atoms in total. The largest absolute Gasteiger partial charge is 0.392 e. The lowest BCUT2D eigenvalue weighted by Gasteiger charge is -2.35. The fourth-order valence-electron chi connectivity index (χ4n) is 3.19. The van der Waals surface area contributed by atoms with Crippen molar-refractivity contribution in [2.75, 3.05) is 0 Å². The Morgan fingerprint density at radius 3 is 2.53 bits per heavy atom. The van der Waals surface area contributed by atoms with Crippen LogP contribution in [0.15, 0.2) is 0 Å². The van der Waals surface area contributed by atoms with Gasteiger partial charge in [0.25, 0.3) is 0 Å². The van der Waals surface area contributed by atoms with Crippen molar-refractivity contribution in [2.45, 2.75) is 76.5 Å². The second-order valence-corrected chi connectivity index (χ2v) is 5.59. The normalized spacial score (nSPS) is 42.8. The van der Waals surface area contributed by atoms with Gasteiger partial charge >= 0.3 is 0 Å². The lowest BCUT2D eigenvalue weighted by atomic mass is 9.85. The summed E-state index contributed by atoms with van der Waals surface area (Å²) >= 11 is 0. The molecule has 88 valence electrons. The molecule has 0 spiro atoms. The SMILES string of the molecule is C[C@@H]1CCC[C@H](N[C@@H]2CCCC[C@@H]2O)C1. The van der Waals surface area contributed by atoms with Crippen LogP contribution in [0.4, 0.5) is 0 Å². The number of nitrogens with one attached hydrogen (secondary N) is 1. The molecule has 2 fully saturated rings. The van der Waals surface area contributed by atoms with E-state index < -0.39 is 0 Å². The van der Waals surface area contributed by atoms with Gasteiger partial charge in [0.2, 0.25) is 0 Å². The predicted octanol–water partition coefficient (Wildman–Crippen LogP) is 2.46. The van der Waals surface area contributed by atoms with Crippen molar-refractivity contribution in [3.63, 3.8) is 0 Å². The van der Waals surface area contributed by atoms with Gasteiger partial charge in [-0.15, -0.1) is 0 Å². The summed E-state index contributed by atoms with van der Waals surface area (Å²) in [6.45, 7) is 2.35. The Hall–Kier alpha value is -0.0800. The Balaban J connectivity index is 1.79. The molecule has 2 rings (SSSR count). The molecule has 0 heterocycles. The van der Waals surface area contributed by atoms with Gasteiger partial charge in [-0.1, -0.05) is 32.6 Å². The van der Waals surface area contributed by atoms with Crippen LogP contribution < -0.4 is 5.32 Å². The van der Waals surface area contributed by atoms with Gasteiger partial charge in [-0.3, -0.25) is 0 Å². The van der Waals surface area contributed by atoms with Crippen molar-refractivity contribution in [3.05, 3.63) is 0 Å². The summed E-state index contributed by atoms with van der Waals surface area (Å²) in [6, 6.07) is 1.06. The van der Waals surface area contributed by atoms with E-state index in [2.05, 4.69) is 12.2 Å². The van der Waals surface area contributed by atoms with Crippen LogP contribution in [-0.4, -0.2) is 23.3 Å². The maximum Gasteiger partial charge on any atom is 0.0693 e. The Bertz CT molecular complexity index is 195. The van der Waals surface area contributed by atoms with Crippen LogP contribution in [0.2, 0.25) is 0 Å². The third-order valence-electron chi connectivity index (χ3n) is 4.12. The first-order chi connectivity index (χ1) is 7.25. The van der Waals surface area contributed by atoms with E-state index in [9.17, 15) is 5.11 Å². The van der Waals surface area contributed by atoms with Crippen molar-refractivity contribution >= 4 is 0 Å². The van der Waals surface area contributed by atoms with Crippen LogP contribution in [0.1, 0.15) is 58.3 Å². The number of hydrogen-bond donors (Lipinski definition) is 2. The number of rotatable bonds is 2. The molecule has 2 heteroatoms. The molecule has 0 unspecified atom stereocenters. The molecule has 2 aliphatic rings. The molecule has 0 radical (unpaired) electrons. The highest BCUT2D eigenvalue weighted by Gasteiger charge is 2.27. The molecule has 4 atom stereocenters. The average molecular weight is 211 g/mol. The highest BCUT2D eigenvalue weighted by Crippen LogP contribution is 2.26. The van der Waals surface area contributed by atoms with E-state index in [1.807, 2.05) is 0 Å². The number of aliphatic hydroxyl groups is 1. The molecule has 0 aromatic carbocycles. The maximum atomic E-state index is 9.90. The van der Waals surface area contributed by atoms with Crippen LogP contribution in [0, 0.1) is 5.92 Å². The molecule has 0 aliphatic heterocycles. The van der Waals surface area contributed by atoms with E-state index in [1.165, 1.54) is 44.9 Å². The first-order valence-corrected chi connectivity index (χ1v) is 6.70. The summed E-state index contributed by atoms with van der Waals surface area (Å²) in [7, 11) is 0. The minimum Gasteiger partial charge on any atom is -0.392 e. The zero-order valence-electron chi connectivity index (χ0n) is 9.91. The van der Waals surface area contributed by atoms with Gasteiger partial charge in [0.1, 0.15) is 0 Å². The van der Waals surface area contributed by atoms with E-state index in [0.29, 0.717) is 12.1 Å². The first-order valence-electron chi connectivity index (χ1n) is 6.70. The van der Waals surface area contributed by atoms with Crippen molar-refractivity contribution in [2.24, 2.45) is 5.92 Å². The third-order valence-corrected chi connectivity index (χ3v) is 4.12. The first kappa shape index (κ1) is 11.4. The zero-order valence-corrected chi connectivity index (χ0v) is 9.91. The molecule has 0 saturated heterocycles. The molecular formula is C13H25NO. The van der Waals surface area contributed by atoms with Crippen molar-refractivity contribution in [1.29, 1.82) is 0 Å². The van der Waals surface area contributed by atoms with Gasteiger partial charge in [-0.2, -0.15) is 0 Å². The van der Waals surface area contributed by atoms with Crippen molar-refractivity contribution in [1.82, 2.24) is 5.32 Å². The second kappa shape index (κ2) is 5.31. The summed E-state index contributed by atoms with van der Waals surface area (Å²) in [5, 5.41) is 13.6. The minimum absolute atomic E-state index is 0.0871. The van der Waals surface area contributed by atoms with Crippen LogP contribution in [0.25, 0.3) is 0 Å². The molecule has 2 aliphatic carbocycles. The quantitative estimate of drug-likeness (QED) is 0.735. The smallest absolute Gasteiger partial charge is 0.0693 e. The molecule has 0 aromatic heterocycles. The summed E-state index contributed by atoms with van der Waals surface area (Å²) in [6.07, 6.45) is 9.96. The number of aliphatic hydroxyl groups excluding tert-OH is 1. The highest BCUT2D eigenvalue weighted by atomic mass is 16.3. The Labute approximate surface area is 93.5 Å². The Morgan fingerprint density at radius 2 is 1.80 bits per heavy atom. The third kappa shape index (κ3) is 3.18. The molecule has 15 heavy (non-hydrogen) atoms. The molecule has 0 bridgehead atoms. The molecule has 0 aromatic rings. The van der Waals surface area contributed by atoms with Crippen molar-refractivity contribution in [3.8, 4) is 0 Å². The fraction of sp³-hybridized carbons (Fsp3) is 1.00. The number of hydrogen-bond acceptors (Lipinski definition) is 2.